The van der Waals surface area contributed by atoms with E-state index in [0.29, 0.717) is 12.0 Å². The van der Waals surface area contributed by atoms with Crippen LogP contribution in [-0.4, -0.2) is 26.8 Å². The smallest absolute Gasteiger partial charge is 0.269 e. The molecule has 1 fully saturated rings. The summed E-state index contributed by atoms with van der Waals surface area (Å²) in [4.78, 5) is 22.3. The van der Waals surface area contributed by atoms with E-state index >= 15 is 0 Å². The number of hydrogen-bond donors (Lipinski definition) is 0. The van der Waals surface area contributed by atoms with Gasteiger partial charge in [0.15, 0.2) is 0 Å². The number of fused-ring (bicyclic) bond motifs is 1. The van der Waals surface area contributed by atoms with Crippen LogP contribution in [0, 0.1) is 20.2 Å². The Morgan fingerprint density at radius 1 is 1.19 bits per heavy atom. The Labute approximate surface area is 121 Å². The molecule has 2 atom stereocenters. The van der Waals surface area contributed by atoms with Crippen molar-refractivity contribution in [3.8, 4) is 0 Å². The molecule has 21 heavy (non-hydrogen) atoms. The van der Waals surface area contributed by atoms with Crippen LogP contribution in [0.3, 0.4) is 0 Å². The normalized spacial score (nSPS) is 25.3. The van der Waals surface area contributed by atoms with Crippen molar-refractivity contribution in [2.75, 3.05) is 0 Å². The maximum Gasteiger partial charge on any atom is 0.269 e. The van der Waals surface area contributed by atoms with Gasteiger partial charge in [0, 0.05) is 33.8 Å². The molecule has 2 unspecified atom stereocenters. The monoisotopic (exact) mass is 289 g/mol. The molecule has 1 saturated carbocycles. The Balaban J connectivity index is 1.93. The fraction of sp³-hybridized carbons (Fsp3) is 0.429. The molecule has 7 nitrogen and oxygen atoms in total. The zero-order valence-electron chi connectivity index (χ0n) is 11.3. The maximum absolute atomic E-state index is 12.5. The molecule has 0 N–H and O–H groups in total. The first-order valence-corrected chi connectivity index (χ1v) is 6.96. The minimum absolute atomic E-state index is 0.0397. The fourth-order valence-electron chi connectivity index (χ4n) is 3.07. The summed E-state index contributed by atoms with van der Waals surface area (Å²) in [5.41, 5.74) is 0.769. The molecule has 1 aliphatic heterocycles. The van der Waals surface area contributed by atoms with E-state index in [9.17, 15) is 20.2 Å². The molecule has 3 rings (SSSR count). The van der Waals surface area contributed by atoms with Gasteiger partial charge in [0.25, 0.3) is 5.69 Å². The van der Waals surface area contributed by atoms with Crippen LogP contribution < -0.4 is 0 Å². The number of nitroso groups, excluding NO2 is 1. The second-order valence-electron chi connectivity index (χ2n) is 5.42. The van der Waals surface area contributed by atoms with Crippen molar-refractivity contribution in [1.82, 2.24) is 5.06 Å². The highest BCUT2D eigenvalue weighted by atomic mass is 16.6. The lowest BCUT2D eigenvalue weighted by Gasteiger charge is -2.44. The van der Waals surface area contributed by atoms with Crippen molar-refractivity contribution in [2.24, 2.45) is 0 Å². The first kappa shape index (κ1) is 13.7. The number of hydrogen-bond acceptors (Lipinski definition) is 5. The van der Waals surface area contributed by atoms with Crippen LogP contribution in [0.15, 0.2) is 30.5 Å². The Morgan fingerprint density at radius 2 is 1.86 bits per heavy atom. The zero-order valence-corrected chi connectivity index (χ0v) is 11.3. The molecular formula is C14H15N3O4. The largest absolute Gasteiger partial charge is 0.758 e. The summed E-state index contributed by atoms with van der Waals surface area (Å²) in [6.07, 6.45) is 4.66. The van der Waals surface area contributed by atoms with Gasteiger partial charge in [-0.3, -0.25) is 10.1 Å². The van der Waals surface area contributed by atoms with Gasteiger partial charge in [-0.2, -0.15) is 0 Å². The molecule has 110 valence electrons. The third-order valence-corrected chi connectivity index (χ3v) is 4.18. The van der Waals surface area contributed by atoms with E-state index in [1.165, 1.54) is 30.5 Å². The van der Waals surface area contributed by atoms with E-state index < -0.39 is 4.92 Å². The van der Waals surface area contributed by atoms with E-state index in [1.807, 2.05) is 0 Å². The predicted octanol–water partition coefficient (Wildman–Crippen LogP) is 2.80. The van der Waals surface area contributed by atoms with E-state index in [0.717, 1.165) is 29.1 Å². The minimum Gasteiger partial charge on any atom is -0.758 e. The zero-order chi connectivity index (χ0) is 15.0. The number of non-ortho nitro benzene ring substituents is 1. The SMILES string of the molecule is O=[N+]([O-])c1ccc(C2=C[N+](=O)C3CCCCC3N2[O-])cc1. The predicted molar refractivity (Wildman–Crippen MR) is 76.0 cm³/mol. The Morgan fingerprint density at radius 3 is 2.52 bits per heavy atom. The summed E-state index contributed by atoms with van der Waals surface area (Å²) in [5.74, 6) is 0. The first-order chi connectivity index (χ1) is 10.1. The van der Waals surface area contributed by atoms with Gasteiger partial charge in [-0.15, -0.1) is 0 Å². The third-order valence-electron chi connectivity index (χ3n) is 4.18. The lowest BCUT2D eigenvalue weighted by atomic mass is 9.88. The molecule has 0 radical (unpaired) electrons. The van der Waals surface area contributed by atoms with Gasteiger partial charge in [-0.05, 0) is 25.0 Å². The van der Waals surface area contributed by atoms with Crippen LogP contribution in [0.5, 0.6) is 0 Å². The topological polar surface area (TPSA) is 89.5 Å². The lowest BCUT2D eigenvalue weighted by molar-refractivity contribution is -0.536. The molecule has 7 heteroatoms. The highest BCUT2D eigenvalue weighted by Gasteiger charge is 2.41. The van der Waals surface area contributed by atoms with Gasteiger partial charge < -0.3 is 10.3 Å². The molecule has 0 saturated heterocycles. The van der Waals surface area contributed by atoms with Gasteiger partial charge in [-0.25, -0.2) is 0 Å². The Kier molecular flexibility index (Phi) is 3.42. The molecule has 0 amide bonds. The summed E-state index contributed by atoms with van der Waals surface area (Å²) < 4.78 is 0.870. The van der Waals surface area contributed by atoms with Gasteiger partial charge in [0.2, 0.25) is 12.2 Å². The van der Waals surface area contributed by atoms with Crippen molar-refractivity contribution >= 4 is 11.4 Å². The van der Waals surface area contributed by atoms with Crippen LogP contribution in [0.25, 0.3) is 5.70 Å². The molecule has 0 aromatic heterocycles. The van der Waals surface area contributed by atoms with Crippen molar-refractivity contribution in [2.45, 2.75) is 37.8 Å². The van der Waals surface area contributed by atoms with Crippen LogP contribution in [-0.2, 0) is 0 Å². The average molecular weight is 289 g/mol. The standard InChI is InChI=1S/C14H15N3O4/c18-15-9-14(10-5-7-11(8-6-10)17(20)21)16(19)13-4-2-1-3-12(13)15/h5-9,12-13H,1-4H2. The van der Waals surface area contributed by atoms with Crippen LogP contribution in [0.2, 0.25) is 0 Å². The summed E-state index contributed by atoms with van der Waals surface area (Å²) in [5, 5.41) is 24.0. The quantitative estimate of drug-likeness (QED) is 0.474. The van der Waals surface area contributed by atoms with Gasteiger partial charge in [-0.1, -0.05) is 6.42 Å². The molecule has 2 aliphatic rings. The van der Waals surface area contributed by atoms with Crippen molar-refractivity contribution < 1.29 is 9.68 Å². The number of nitrogens with zero attached hydrogens (tertiary/aromatic N) is 3. The number of nitro groups is 1. The maximum atomic E-state index is 12.5. The summed E-state index contributed by atoms with van der Waals surface area (Å²) in [6.45, 7) is 0. The second-order valence-corrected chi connectivity index (χ2v) is 5.42. The van der Waals surface area contributed by atoms with Gasteiger partial charge in [0.1, 0.15) is 5.70 Å². The fourth-order valence-corrected chi connectivity index (χ4v) is 3.07. The average Bonchev–Trinajstić information content (AvgIpc) is 2.51. The lowest BCUT2D eigenvalue weighted by Crippen LogP contribution is -2.49. The number of hydroxylamine groups is 2. The van der Waals surface area contributed by atoms with E-state index in [-0.39, 0.29) is 23.5 Å². The summed E-state index contributed by atoms with van der Waals surface area (Å²) >= 11 is 0. The van der Waals surface area contributed by atoms with Crippen molar-refractivity contribution in [3.05, 3.63) is 56.3 Å². The molecule has 1 aliphatic carbocycles. The minimum atomic E-state index is -0.495. The molecule has 1 aromatic rings. The van der Waals surface area contributed by atoms with Crippen LogP contribution in [0.4, 0.5) is 5.69 Å². The number of nitro benzene ring substituents is 1. The summed E-state index contributed by atoms with van der Waals surface area (Å²) in [7, 11) is 0. The molecule has 0 bridgehead atoms. The van der Waals surface area contributed by atoms with Crippen molar-refractivity contribution in [1.29, 1.82) is 0 Å². The van der Waals surface area contributed by atoms with Gasteiger partial charge >= 0.3 is 0 Å². The van der Waals surface area contributed by atoms with E-state index in [1.54, 1.807) is 0 Å². The van der Waals surface area contributed by atoms with Crippen molar-refractivity contribution in [3.63, 3.8) is 0 Å². The number of rotatable bonds is 2. The molecule has 1 aromatic carbocycles. The number of benzene rings is 1. The van der Waals surface area contributed by atoms with Crippen LogP contribution in [0.1, 0.15) is 31.2 Å². The highest BCUT2D eigenvalue weighted by Crippen LogP contribution is 2.34. The van der Waals surface area contributed by atoms with Crippen LogP contribution >= 0.6 is 0 Å². The summed E-state index contributed by atoms with van der Waals surface area (Å²) in [6, 6.07) is 5.08. The van der Waals surface area contributed by atoms with Gasteiger partial charge in [0.05, 0.1) is 11.0 Å². The molecule has 1 heterocycles. The van der Waals surface area contributed by atoms with E-state index in [4.69, 9.17) is 0 Å². The Bertz CT molecular complexity index is 611. The molecule has 0 spiro atoms. The van der Waals surface area contributed by atoms with E-state index in [2.05, 4.69) is 0 Å². The highest BCUT2D eigenvalue weighted by molar-refractivity contribution is 5.65. The first-order valence-electron chi connectivity index (χ1n) is 6.96. The third kappa shape index (κ3) is 2.40. The Hall–Kier alpha value is -2.28. The second kappa shape index (κ2) is 5.25. The molecular weight excluding hydrogens is 274 g/mol.